The van der Waals surface area contributed by atoms with Crippen molar-refractivity contribution in [3.63, 3.8) is 0 Å². The fourth-order valence-electron chi connectivity index (χ4n) is 3.29. The molecule has 0 aromatic heterocycles. The van der Waals surface area contributed by atoms with Crippen molar-refractivity contribution in [2.45, 2.75) is 40.3 Å². The molecule has 3 rings (SSSR count). The molecule has 0 amide bonds. The van der Waals surface area contributed by atoms with Crippen molar-refractivity contribution in [3.05, 3.63) is 53.1 Å². The largest absolute Gasteiger partial charge is 0.508 e. The Morgan fingerprint density at radius 1 is 1.21 bits per heavy atom. The third kappa shape index (κ3) is 4.54. The zero-order chi connectivity index (χ0) is 21.3. The third-order valence-corrected chi connectivity index (χ3v) is 4.83. The molecule has 1 aliphatic rings. The Balaban J connectivity index is 2.03. The SMILES string of the molecule is CC(=O)C1=C(c2ccc(OCCC(C)(C)C)c(N)c2)c2cc(O)ccc2OC1N. The highest BCUT2D eigenvalue weighted by atomic mass is 16.5. The molecule has 6 nitrogen and oxygen atoms in total. The van der Waals surface area contributed by atoms with Crippen LogP contribution < -0.4 is 20.9 Å². The first-order valence-electron chi connectivity index (χ1n) is 9.60. The lowest BCUT2D eigenvalue weighted by atomic mass is 9.88. The summed E-state index contributed by atoms with van der Waals surface area (Å²) >= 11 is 0. The van der Waals surface area contributed by atoms with Crippen molar-refractivity contribution in [1.29, 1.82) is 0 Å². The van der Waals surface area contributed by atoms with Gasteiger partial charge in [0.2, 0.25) is 0 Å². The van der Waals surface area contributed by atoms with Gasteiger partial charge in [-0.15, -0.1) is 0 Å². The van der Waals surface area contributed by atoms with Gasteiger partial charge in [0.25, 0.3) is 0 Å². The molecule has 1 aliphatic heterocycles. The molecule has 2 aromatic carbocycles. The second kappa shape index (κ2) is 7.79. The highest BCUT2D eigenvalue weighted by Gasteiger charge is 2.30. The molecule has 0 fully saturated rings. The number of hydrogen-bond acceptors (Lipinski definition) is 6. The number of benzene rings is 2. The van der Waals surface area contributed by atoms with Crippen LogP contribution in [0.15, 0.2) is 42.0 Å². The highest BCUT2D eigenvalue weighted by molar-refractivity contribution is 6.07. The smallest absolute Gasteiger partial charge is 0.178 e. The van der Waals surface area contributed by atoms with E-state index in [1.54, 1.807) is 24.3 Å². The number of hydrogen-bond donors (Lipinski definition) is 3. The molecule has 1 atom stereocenters. The normalized spacial score (nSPS) is 16.2. The number of nitrogens with two attached hydrogens (primary N) is 2. The summed E-state index contributed by atoms with van der Waals surface area (Å²) < 4.78 is 11.5. The molecule has 0 bridgehead atoms. The molecule has 1 unspecified atom stereocenters. The van der Waals surface area contributed by atoms with Crippen LogP contribution in [-0.4, -0.2) is 23.7 Å². The van der Waals surface area contributed by atoms with Gasteiger partial charge in [-0.2, -0.15) is 0 Å². The van der Waals surface area contributed by atoms with Crippen molar-refractivity contribution in [2.75, 3.05) is 12.3 Å². The number of ketones is 1. The van der Waals surface area contributed by atoms with Crippen LogP contribution in [0.3, 0.4) is 0 Å². The monoisotopic (exact) mass is 396 g/mol. The van der Waals surface area contributed by atoms with Crippen molar-refractivity contribution >= 4 is 17.0 Å². The maximum atomic E-state index is 12.3. The molecule has 0 saturated carbocycles. The molecular weight excluding hydrogens is 368 g/mol. The van der Waals surface area contributed by atoms with E-state index in [1.165, 1.54) is 13.0 Å². The predicted octanol–water partition coefficient (Wildman–Crippen LogP) is 3.86. The minimum absolute atomic E-state index is 0.0679. The number of rotatable bonds is 5. The minimum atomic E-state index is -0.900. The molecule has 0 radical (unpaired) electrons. The van der Waals surface area contributed by atoms with E-state index in [2.05, 4.69) is 20.8 Å². The van der Waals surface area contributed by atoms with Crippen LogP contribution in [-0.2, 0) is 4.79 Å². The van der Waals surface area contributed by atoms with Crippen LogP contribution in [0.2, 0.25) is 0 Å². The van der Waals surface area contributed by atoms with E-state index >= 15 is 0 Å². The van der Waals surface area contributed by atoms with Crippen LogP contribution in [0.25, 0.3) is 5.57 Å². The molecule has 29 heavy (non-hydrogen) atoms. The van der Waals surface area contributed by atoms with E-state index in [0.717, 1.165) is 6.42 Å². The first-order valence-corrected chi connectivity index (χ1v) is 9.60. The van der Waals surface area contributed by atoms with Gasteiger partial charge < -0.3 is 20.3 Å². The first-order chi connectivity index (χ1) is 13.6. The average molecular weight is 396 g/mol. The number of phenols is 1. The molecule has 6 heteroatoms. The minimum Gasteiger partial charge on any atom is -0.508 e. The first kappa shape index (κ1) is 20.7. The van der Waals surface area contributed by atoms with Gasteiger partial charge in [0.05, 0.1) is 17.9 Å². The lowest BCUT2D eigenvalue weighted by molar-refractivity contribution is -0.114. The Labute approximate surface area is 171 Å². The zero-order valence-electron chi connectivity index (χ0n) is 17.3. The number of carbonyl (C=O) groups is 1. The van der Waals surface area contributed by atoms with Gasteiger partial charge in [0.15, 0.2) is 12.0 Å². The topological polar surface area (TPSA) is 108 Å². The van der Waals surface area contributed by atoms with Crippen LogP contribution in [0.1, 0.15) is 45.2 Å². The third-order valence-electron chi connectivity index (χ3n) is 4.83. The molecule has 5 N–H and O–H groups in total. The second-order valence-corrected chi connectivity index (χ2v) is 8.48. The lowest BCUT2D eigenvalue weighted by Crippen LogP contribution is -2.36. The summed E-state index contributed by atoms with van der Waals surface area (Å²) in [5.41, 5.74) is 15.2. The van der Waals surface area contributed by atoms with Crippen molar-refractivity contribution in [3.8, 4) is 17.2 Å². The average Bonchev–Trinajstić information content (AvgIpc) is 2.61. The van der Waals surface area contributed by atoms with Gasteiger partial charge in [0, 0.05) is 11.1 Å². The van der Waals surface area contributed by atoms with Gasteiger partial charge >= 0.3 is 0 Å². The number of phenolic OH excluding ortho intramolecular Hbond substituents is 1. The Bertz CT molecular complexity index is 973. The quantitative estimate of drug-likeness (QED) is 0.663. The van der Waals surface area contributed by atoms with Gasteiger partial charge in [-0.1, -0.05) is 26.8 Å². The Morgan fingerprint density at radius 2 is 1.93 bits per heavy atom. The predicted molar refractivity (Wildman–Crippen MR) is 114 cm³/mol. The summed E-state index contributed by atoms with van der Waals surface area (Å²) in [6, 6.07) is 10.1. The number of ether oxygens (including phenoxy) is 2. The molecule has 1 heterocycles. The summed E-state index contributed by atoms with van der Waals surface area (Å²) in [6.07, 6.45) is -0.00405. The molecular formula is C23H28N2O4. The van der Waals surface area contributed by atoms with Crippen molar-refractivity contribution in [1.82, 2.24) is 0 Å². The Morgan fingerprint density at radius 3 is 2.55 bits per heavy atom. The van der Waals surface area contributed by atoms with Gasteiger partial charge in [0.1, 0.15) is 17.2 Å². The molecule has 0 spiro atoms. The maximum absolute atomic E-state index is 12.3. The highest BCUT2D eigenvalue weighted by Crippen LogP contribution is 2.42. The van der Waals surface area contributed by atoms with E-state index in [1.807, 2.05) is 6.07 Å². The van der Waals surface area contributed by atoms with Gasteiger partial charge in [-0.3, -0.25) is 10.5 Å². The van der Waals surface area contributed by atoms with E-state index in [-0.39, 0.29) is 16.9 Å². The number of aromatic hydroxyl groups is 1. The van der Waals surface area contributed by atoms with Crippen LogP contribution >= 0.6 is 0 Å². The van der Waals surface area contributed by atoms with Gasteiger partial charge in [-0.05, 0) is 54.7 Å². The summed E-state index contributed by atoms with van der Waals surface area (Å²) in [5, 5.41) is 9.97. The summed E-state index contributed by atoms with van der Waals surface area (Å²) in [7, 11) is 0. The summed E-state index contributed by atoms with van der Waals surface area (Å²) in [6.45, 7) is 8.46. The van der Waals surface area contributed by atoms with E-state index in [9.17, 15) is 9.90 Å². The van der Waals surface area contributed by atoms with E-state index in [4.69, 9.17) is 20.9 Å². The molecule has 154 valence electrons. The number of nitrogen functional groups attached to an aromatic ring is 1. The Kier molecular flexibility index (Phi) is 5.57. The standard InChI is InChI=1S/C23H28N2O4/c1-13(26)20-21(16-12-15(27)6-8-18(16)29-22(20)25)14-5-7-19(17(24)11-14)28-10-9-23(2,3)4/h5-8,11-12,22,27H,9-10,24-25H2,1-4H3. The fourth-order valence-corrected chi connectivity index (χ4v) is 3.29. The van der Waals surface area contributed by atoms with Crippen molar-refractivity contribution < 1.29 is 19.4 Å². The number of anilines is 1. The Hall–Kier alpha value is -2.99. The van der Waals surface area contributed by atoms with E-state index < -0.39 is 6.23 Å². The molecule has 0 saturated heterocycles. The maximum Gasteiger partial charge on any atom is 0.178 e. The number of carbonyl (C=O) groups excluding carboxylic acids is 1. The zero-order valence-corrected chi connectivity index (χ0v) is 17.3. The molecule has 0 aliphatic carbocycles. The number of Topliss-reactive ketones (excluding diaryl/α,β-unsaturated/α-hetero) is 1. The van der Waals surface area contributed by atoms with Crippen LogP contribution in [0.4, 0.5) is 5.69 Å². The van der Waals surface area contributed by atoms with Crippen LogP contribution in [0.5, 0.6) is 17.2 Å². The lowest BCUT2D eigenvalue weighted by Gasteiger charge is -2.28. The second-order valence-electron chi connectivity index (χ2n) is 8.48. The fraction of sp³-hybridized carbons (Fsp3) is 0.348. The van der Waals surface area contributed by atoms with Gasteiger partial charge in [-0.25, -0.2) is 0 Å². The summed E-state index contributed by atoms with van der Waals surface area (Å²) in [4.78, 5) is 12.3. The van der Waals surface area contributed by atoms with E-state index in [0.29, 0.717) is 46.1 Å². The number of fused-ring (bicyclic) bond motifs is 1. The summed E-state index contributed by atoms with van der Waals surface area (Å²) in [5.74, 6) is 0.957. The van der Waals surface area contributed by atoms with Crippen LogP contribution in [0, 0.1) is 5.41 Å². The molecule has 2 aromatic rings. The van der Waals surface area contributed by atoms with Crippen molar-refractivity contribution in [2.24, 2.45) is 11.1 Å².